The number of carbonyl (C=O) groups is 1. The maximum atomic E-state index is 11.6. The summed E-state index contributed by atoms with van der Waals surface area (Å²) in [4.78, 5) is 16.3. The summed E-state index contributed by atoms with van der Waals surface area (Å²) in [6, 6.07) is 11.1. The molecule has 0 unspecified atom stereocenters. The van der Waals surface area contributed by atoms with Gasteiger partial charge >= 0.3 is 5.97 Å². The number of aromatic nitrogens is 1. The van der Waals surface area contributed by atoms with E-state index in [-0.39, 0.29) is 0 Å². The number of nitrogens with one attached hydrogen (secondary N) is 1. The monoisotopic (exact) mass is 356 g/mol. The Morgan fingerprint density at radius 3 is 2.73 bits per heavy atom. The zero-order valence-corrected chi connectivity index (χ0v) is 15.2. The van der Waals surface area contributed by atoms with Gasteiger partial charge in [0.2, 0.25) is 5.88 Å². The summed E-state index contributed by atoms with van der Waals surface area (Å²) in [5.74, 6) is 1.27. The minimum Gasteiger partial charge on any atom is -0.496 e. The molecule has 0 bridgehead atoms. The van der Waals surface area contributed by atoms with Crippen molar-refractivity contribution in [3.05, 3.63) is 53.2 Å². The summed E-state index contributed by atoms with van der Waals surface area (Å²) < 4.78 is 16.0. The van der Waals surface area contributed by atoms with Crippen LogP contribution in [0.1, 0.15) is 40.4 Å². The second-order valence-corrected chi connectivity index (χ2v) is 6.23. The first kappa shape index (κ1) is 18.2. The lowest BCUT2D eigenvalue weighted by Gasteiger charge is -2.22. The van der Waals surface area contributed by atoms with Crippen molar-refractivity contribution in [1.82, 2.24) is 10.3 Å². The molecular weight excluding hydrogens is 332 g/mol. The molecule has 1 fully saturated rings. The molecule has 0 aliphatic carbocycles. The molecule has 26 heavy (non-hydrogen) atoms. The normalized spacial score (nSPS) is 14.7. The summed E-state index contributed by atoms with van der Waals surface area (Å²) >= 11 is 0. The predicted molar refractivity (Wildman–Crippen MR) is 97.7 cm³/mol. The Balaban J connectivity index is 1.69. The van der Waals surface area contributed by atoms with E-state index in [0.717, 1.165) is 37.2 Å². The first-order chi connectivity index (χ1) is 12.7. The number of esters is 1. The molecule has 6 heteroatoms. The third-order valence-corrected chi connectivity index (χ3v) is 4.59. The fourth-order valence-electron chi connectivity index (χ4n) is 3.12. The molecule has 2 aromatic rings. The van der Waals surface area contributed by atoms with Crippen molar-refractivity contribution in [1.29, 1.82) is 0 Å². The maximum absolute atomic E-state index is 11.6. The van der Waals surface area contributed by atoms with Gasteiger partial charge in [0.05, 0.1) is 19.8 Å². The number of hydrogen-bond acceptors (Lipinski definition) is 6. The molecule has 138 valence electrons. The van der Waals surface area contributed by atoms with E-state index in [1.807, 2.05) is 18.2 Å². The van der Waals surface area contributed by atoms with Gasteiger partial charge < -0.3 is 19.5 Å². The van der Waals surface area contributed by atoms with Gasteiger partial charge in [0.25, 0.3) is 0 Å². The molecule has 3 rings (SSSR count). The topological polar surface area (TPSA) is 69.7 Å². The second-order valence-electron chi connectivity index (χ2n) is 6.23. The van der Waals surface area contributed by atoms with E-state index < -0.39 is 5.97 Å². The molecule has 0 saturated carbocycles. The van der Waals surface area contributed by atoms with E-state index in [2.05, 4.69) is 16.4 Å². The highest BCUT2D eigenvalue weighted by Gasteiger charge is 2.17. The molecule has 1 aliphatic heterocycles. The van der Waals surface area contributed by atoms with Gasteiger partial charge in [-0.05, 0) is 44.1 Å². The fraction of sp³-hybridized carbons (Fsp3) is 0.400. The molecule has 1 aliphatic rings. The van der Waals surface area contributed by atoms with Crippen LogP contribution in [0.2, 0.25) is 0 Å². The first-order valence-corrected chi connectivity index (χ1v) is 8.77. The summed E-state index contributed by atoms with van der Waals surface area (Å²) in [6.07, 6.45) is 2.19. The van der Waals surface area contributed by atoms with Crippen LogP contribution in [0.4, 0.5) is 0 Å². The Kier molecular flexibility index (Phi) is 6.07. The molecular formula is C20H24N2O4. The standard InChI is InChI=1S/C20H24N2O4/c1-24-18-12-15(20(23)25-2)6-7-16(18)13-26-19-5-3-4-17(22-19)14-8-10-21-11-9-14/h3-7,12,14,21H,8-11,13H2,1-2H3. The van der Waals surface area contributed by atoms with Crippen LogP contribution < -0.4 is 14.8 Å². The number of pyridine rings is 1. The zero-order chi connectivity index (χ0) is 18.4. The third kappa shape index (κ3) is 4.32. The van der Waals surface area contributed by atoms with Gasteiger partial charge in [-0.3, -0.25) is 0 Å². The van der Waals surface area contributed by atoms with Crippen LogP contribution in [0.15, 0.2) is 36.4 Å². The highest BCUT2D eigenvalue weighted by atomic mass is 16.5. The van der Waals surface area contributed by atoms with E-state index in [9.17, 15) is 4.79 Å². The Morgan fingerprint density at radius 2 is 2.00 bits per heavy atom. The Labute approximate surface area is 153 Å². The maximum Gasteiger partial charge on any atom is 0.337 e. The number of hydrogen-bond donors (Lipinski definition) is 1. The Morgan fingerprint density at radius 1 is 1.19 bits per heavy atom. The largest absolute Gasteiger partial charge is 0.496 e. The summed E-state index contributed by atoms with van der Waals surface area (Å²) in [5, 5.41) is 3.37. The second kappa shape index (κ2) is 8.67. The minimum absolute atomic E-state index is 0.313. The van der Waals surface area contributed by atoms with Crippen molar-refractivity contribution in [2.45, 2.75) is 25.4 Å². The molecule has 0 amide bonds. The van der Waals surface area contributed by atoms with Gasteiger partial charge in [0.15, 0.2) is 0 Å². The van der Waals surface area contributed by atoms with Gasteiger partial charge in [-0.15, -0.1) is 0 Å². The number of methoxy groups -OCH3 is 2. The molecule has 1 N–H and O–H groups in total. The number of carbonyl (C=O) groups excluding carboxylic acids is 1. The molecule has 0 radical (unpaired) electrons. The molecule has 0 spiro atoms. The predicted octanol–water partition coefficient (Wildman–Crippen LogP) is 2.92. The van der Waals surface area contributed by atoms with Crippen molar-refractivity contribution >= 4 is 5.97 Å². The van der Waals surface area contributed by atoms with E-state index in [0.29, 0.717) is 29.7 Å². The lowest BCUT2D eigenvalue weighted by molar-refractivity contribution is 0.0600. The van der Waals surface area contributed by atoms with Gasteiger partial charge in [0, 0.05) is 23.2 Å². The van der Waals surface area contributed by atoms with Crippen molar-refractivity contribution in [2.75, 3.05) is 27.3 Å². The third-order valence-electron chi connectivity index (χ3n) is 4.59. The highest BCUT2D eigenvalue weighted by Crippen LogP contribution is 2.26. The van der Waals surface area contributed by atoms with Gasteiger partial charge in [-0.25, -0.2) is 9.78 Å². The van der Waals surface area contributed by atoms with Crippen LogP contribution in [0, 0.1) is 0 Å². The quantitative estimate of drug-likeness (QED) is 0.803. The molecule has 1 saturated heterocycles. The fourth-order valence-corrected chi connectivity index (χ4v) is 3.12. The highest BCUT2D eigenvalue weighted by molar-refractivity contribution is 5.89. The van der Waals surface area contributed by atoms with Crippen LogP contribution in [0.25, 0.3) is 0 Å². The smallest absolute Gasteiger partial charge is 0.337 e. The number of piperidine rings is 1. The van der Waals surface area contributed by atoms with E-state index in [1.54, 1.807) is 19.2 Å². The molecule has 2 heterocycles. The number of rotatable bonds is 6. The van der Waals surface area contributed by atoms with Crippen LogP contribution >= 0.6 is 0 Å². The van der Waals surface area contributed by atoms with Crippen LogP contribution in [-0.2, 0) is 11.3 Å². The van der Waals surface area contributed by atoms with Crippen LogP contribution in [-0.4, -0.2) is 38.3 Å². The SMILES string of the molecule is COC(=O)c1ccc(COc2cccc(C3CCNCC3)n2)c(OC)c1. The van der Waals surface area contributed by atoms with Crippen molar-refractivity contribution in [3.8, 4) is 11.6 Å². The zero-order valence-electron chi connectivity index (χ0n) is 15.2. The van der Waals surface area contributed by atoms with Gasteiger partial charge in [-0.1, -0.05) is 12.1 Å². The summed E-state index contributed by atoms with van der Waals surface area (Å²) in [5.41, 5.74) is 2.37. The number of benzene rings is 1. The van der Waals surface area contributed by atoms with Crippen molar-refractivity contribution < 1.29 is 19.0 Å². The summed E-state index contributed by atoms with van der Waals surface area (Å²) in [6.45, 7) is 2.37. The molecule has 1 aromatic heterocycles. The Hall–Kier alpha value is -2.60. The average Bonchev–Trinajstić information content (AvgIpc) is 2.72. The molecule has 0 atom stereocenters. The van der Waals surface area contributed by atoms with Crippen LogP contribution in [0.3, 0.4) is 0 Å². The Bertz CT molecular complexity index is 757. The van der Waals surface area contributed by atoms with E-state index in [1.165, 1.54) is 7.11 Å². The van der Waals surface area contributed by atoms with E-state index >= 15 is 0 Å². The minimum atomic E-state index is -0.396. The number of nitrogens with zero attached hydrogens (tertiary/aromatic N) is 1. The van der Waals surface area contributed by atoms with Crippen molar-refractivity contribution in [2.24, 2.45) is 0 Å². The van der Waals surface area contributed by atoms with E-state index in [4.69, 9.17) is 14.2 Å². The lowest BCUT2D eigenvalue weighted by atomic mass is 9.94. The molecule has 1 aromatic carbocycles. The van der Waals surface area contributed by atoms with Crippen molar-refractivity contribution in [3.63, 3.8) is 0 Å². The average molecular weight is 356 g/mol. The van der Waals surface area contributed by atoms with Gasteiger partial charge in [-0.2, -0.15) is 0 Å². The molecule has 6 nitrogen and oxygen atoms in total. The first-order valence-electron chi connectivity index (χ1n) is 8.77. The number of ether oxygens (including phenoxy) is 3. The lowest BCUT2D eigenvalue weighted by Crippen LogP contribution is -2.27. The van der Waals surface area contributed by atoms with Crippen LogP contribution in [0.5, 0.6) is 11.6 Å². The van der Waals surface area contributed by atoms with Gasteiger partial charge in [0.1, 0.15) is 12.4 Å². The summed E-state index contributed by atoms with van der Waals surface area (Å²) in [7, 11) is 2.92.